The van der Waals surface area contributed by atoms with Gasteiger partial charge in [-0.15, -0.1) is 5.10 Å². The number of rotatable bonds is 7. The molecule has 4 atom stereocenters. The fraction of sp³-hybridized carbons (Fsp3) is 0.800. The van der Waals surface area contributed by atoms with Crippen LogP contribution in [-0.4, -0.2) is 65.4 Å². The lowest BCUT2D eigenvalue weighted by atomic mass is 9.75. The molecule has 1 amide bonds. The minimum absolute atomic E-state index is 0.0758. The number of aliphatic hydroxyl groups is 1. The Balaban J connectivity index is 1.55. The van der Waals surface area contributed by atoms with E-state index in [1.807, 2.05) is 4.68 Å². The van der Waals surface area contributed by atoms with Crippen molar-refractivity contribution in [1.82, 2.24) is 20.3 Å². The van der Waals surface area contributed by atoms with Gasteiger partial charge in [-0.25, -0.2) is 4.68 Å². The SMILES string of the molecule is COCCNC(=O)[C@H]1C[NH+]2CC[C@H]1C[C@@H]2Cn1cc(CO)nn1. The lowest BCUT2D eigenvalue weighted by molar-refractivity contribution is -0.945. The number of methoxy groups -OCH3 is 1. The van der Waals surface area contributed by atoms with Crippen LogP contribution in [0.4, 0.5) is 0 Å². The summed E-state index contributed by atoms with van der Waals surface area (Å²) in [5, 5.41) is 20.0. The van der Waals surface area contributed by atoms with Crippen LogP contribution in [0.3, 0.4) is 0 Å². The van der Waals surface area contributed by atoms with Gasteiger partial charge in [0.05, 0.1) is 45.0 Å². The molecule has 1 aromatic rings. The van der Waals surface area contributed by atoms with Gasteiger partial charge in [0.25, 0.3) is 0 Å². The van der Waals surface area contributed by atoms with Crippen molar-refractivity contribution >= 4 is 5.91 Å². The van der Waals surface area contributed by atoms with Crippen LogP contribution in [0.2, 0.25) is 0 Å². The third kappa shape index (κ3) is 3.70. The lowest BCUT2D eigenvalue weighted by Crippen LogP contribution is -3.20. The maximum atomic E-state index is 12.3. The number of piperidine rings is 3. The van der Waals surface area contributed by atoms with Crippen LogP contribution in [0.15, 0.2) is 6.20 Å². The minimum atomic E-state index is -0.0758. The predicted molar refractivity (Wildman–Crippen MR) is 81.5 cm³/mol. The summed E-state index contributed by atoms with van der Waals surface area (Å²) in [7, 11) is 1.64. The molecule has 1 unspecified atom stereocenters. The number of hydrogen-bond acceptors (Lipinski definition) is 5. The van der Waals surface area contributed by atoms with Crippen molar-refractivity contribution < 1.29 is 19.5 Å². The molecule has 3 aliphatic rings. The average Bonchev–Trinajstić information content (AvgIpc) is 3.03. The molecular weight excluding hydrogens is 298 g/mol. The molecule has 0 aromatic carbocycles. The van der Waals surface area contributed by atoms with Gasteiger partial charge < -0.3 is 20.1 Å². The van der Waals surface area contributed by atoms with Crippen LogP contribution in [0.1, 0.15) is 18.5 Å². The number of nitrogens with zero attached hydrogens (tertiary/aromatic N) is 3. The van der Waals surface area contributed by atoms with Gasteiger partial charge >= 0.3 is 0 Å². The number of carbonyl (C=O) groups excluding carboxylic acids is 1. The van der Waals surface area contributed by atoms with Crippen molar-refractivity contribution in [3.8, 4) is 0 Å². The van der Waals surface area contributed by atoms with Crippen LogP contribution in [0, 0.1) is 11.8 Å². The molecule has 4 heterocycles. The molecule has 128 valence electrons. The standard InChI is InChI=1S/C15H25N5O3/c1-23-5-3-16-15(22)14-9-19-4-2-11(14)6-13(19)8-20-7-12(10-21)17-18-20/h7,11,13-14,21H,2-6,8-10H2,1H3,(H,16,22)/p+1/t11-,13+,14-/m0/s1. The molecule has 0 saturated carbocycles. The highest BCUT2D eigenvalue weighted by atomic mass is 16.5. The largest absolute Gasteiger partial charge is 0.390 e. The van der Waals surface area contributed by atoms with Gasteiger partial charge in [0.15, 0.2) is 0 Å². The molecule has 23 heavy (non-hydrogen) atoms. The van der Waals surface area contributed by atoms with E-state index >= 15 is 0 Å². The Morgan fingerprint density at radius 1 is 1.61 bits per heavy atom. The second-order valence-electron chi connectivity index (χ2n) is 6.57. The quantitative estimate of drug-likeness (QED) is 0.496. The maximum absolute atomic E-state index is 12.3. The van der Waals surface area contributed by atoms with Gasteiger partial charge in [0.1, 0.15) is 11.7 Å². The monoisotopic (exact) mass is 324 g/mol. The second-order valence-corrected chi connectivity index (χ2v) is 6.57. The first-order chi connectivity index (χ1) is 11.2. The number of ether oxygens (including phenoxy) is 1. The van der Waals surface area contributed by atoms with Crippen molar-refractivity contribution in [2.75, 3.05) is 33.4 Å². The van der Waals surface area contributed by atoms with E-state index in [-0.39, 0.29) is 18.4 Å². The van der Waals surface area contributed by atoms with E-state index in [4.69, 9.17) is 9.84 Å². The van der Waals surface area contributed by atoms with Gasteiger partial charge in [0.2, 0.25) is 5.91 Å². The summed E-state index contributed by atoms with van der Waals surface area (Å²) < 4.78 is 6.80. The van der Waals surface area contributed by atoms with E-state index in [9.17, 15) is 4.79 Å². The molecule has 0 radical (unpaired) electrons. The molecule has 8 heteroatoms. The summed E-state index contributed by atoms with van der Waals surface area (Å²) in [5.41, 5.74) is 0.603. The summed E-state index contributed by atoms with van der Waals surface area (Å²) >= 11 is 0. The van der Waals surface area contributed by atoms with Crippen molar-refractivity contribution in [3.63, 3.8) is 0 Å². The molecule has 2 bridgehead atoms. The third-order valence-corrected chi connectivity index (χ3v) is 5.15. The molecule has 3 N–H and O–H groups in total. The van der Waals surface area contributed by atoms with E-state index in [0.717, 1.165) is 32.5 Å². The Labute approximate surface area is 135 Å². The van der Waals surface area contributed by atoms with Crippen LogP contribution in [0.5, 0.6) is 0 Å². The molecule has 8 nitrogen and oxygen atoms in total. The number of quaternary nitrogens is 1. The third-order valence-electron chi connectivity index (χ3n) is 5.15. The van der Waals surface area contributed by atoms with Crippen LogP contribution in [0.25, 0.3) is 0 Å². The summed E-state index contributed by atoms with van der Waals surface area (Å²) in [6.45, 7) is 3.89. The van der Waals surface area contributed by atoms with E-state index in [1.54, 1.807) is 13.3 Å². The van der Waals surface area contributed by atoms with Gasteiger partial charge in [-0.05, 0) is 5.92 Å². The molecule has 3 fully saturated rings. The van der Waals surface area contributed by atoms with Gasteiger partial charge in [0, 0.05) is 26.5 Å². The van der Waals surface area contributed by atoms with Crippen molar-refractivity contribution in [2.45, 2.75) is 32.0 Å². The smallest absolute Gasteiger partial charge is 0.229 e. The Morgan fingerprint density at radius 3 is 3.13 bits per heavy atom. The number of aromatic nitrogens is 3. The zero-order chi connectivity index (χ0) is 16.2. The molecule has 3 saturated heterocycles. The van der Waals surface area contributed by atoms with Crippen LogP contribution < -0.4 is 10.2 Å². The van der Waals surface area contributed by atoms with E-state index in [0.29, 0.717) is 30.8 Å². The fourth-order valence-corrected chi connectivity index (χ4v) is 3.95. The summed E-state index contributed by atoms with van der Waals surface area (Å²) in [6.07, 6.45) is 3.97. The highest BCUT2D eigenvalue weighted by Gasteiger charge is 2.46. The minimum Gasteiger partial charge on any atom is -0.390 e. The maximum Gasteiger partial charge on any atom is 0.229 e. The molecule has 0 spiro atoms. The van der Waals surface area contributed by atoms with Crippen LogP contribution in [-0.2, 0) is 22.7 Å². The van der Waals surface area contributed by atoms with E-state index in [1.165, 1.54) is 4.90 Å². The number of fused-ring (bicyclic) bond motifs is 3. The highest BCUT2D eigenvalue weighted by molar-refractivity contribution is 5.79. The van der Waals surface area contributed by atoms with E-state index in [2.05, 4.69) is 15.6 Å². The zero-order valence-electron chi connectivity index (χ0n) is 13.6. The summed E-state index contributed by atoms with van der Waals surface area (Å²) in [6, 6.07) is 0.477. The normalized spacial score (nSPS) is 29.7. The first-order valence-corrected chi connectivity index (χ1v) is 8.32. The topological polar surface area (TPSA) is 93.7 Å². The Kier molecular flexibility index (Phi) is 5.24. The summed E-state index contributed by atoms with van der Waals surface area (Å²) in [4.78, 5) is 13.8. The lowest BCUT2D eigenvalue weighted by Gasteiger charge is -2.46. The molecule has 1 aromatic heterocycles. The van der Waals surface area contributed by atoms with Crippen molar-refractivity contribution in [3.05, 3.63) is 11.9 Å². The first kappa shape index (κ1) is 16.4. The van der Waals surface area contributed by atoms with Crippen molar-refractivity contribution in [2.24, 2.45) is 11.8 Å². The zero-order valence-corrected chi connectivity index (χ0v) is 13.6. The first-order valence-electron chi connectivity index (χ1n) is 8.32. The molecule has 0 aliphatic carbocycles. The number of nitrogens with one attached hydrogen (secondary N) is 2. The molecular formula is C15H26N5O3+. The highest BCUT2D eigenvalue weighted by Crippen LogP contribution is 2.27. The Bertz CT molecular complexity index is 535. The number of carbonyl (C=O) groups is 1. The van der Waals surface area contributed by atoms with E-state index < -0.39 is 0 Å². The Hall–Kier alpha value is -1.51. The number of amides is 1. The van der Waals surface area contributed by atoms with Crippen LogP contribution >= 0.6 is 0 Å². The molecule has 3 aliphatic heterocycles. The summed E-state index contributed by atoms with van der Waals surface area (Å²) in [5.74, 6) is 0.752. The van der Waals surface area contributed by atoms with Gasteiger partial charge in [-0.1, -0.05) is 5.21 Å². The number of hydrogen-bond donors (Lipinski definition) is 3. The average molecular weight is 324 g/mol. The second kappa shape index (κ2) is 7.37. The number of aliphatic hydroxyl groups excluding tert-OH is 1. The van der Waals surface area contributed by atoms with Gasteiger partial charge in [-0.3, -0.25) is 4.79 Å². The Morgan fingerprint density at radius 2 is 2.48 bits per heavy atom. The molecule has 4 rings (SSSR count). The van der Waals surface area contributed by atoms with Gasteiger partial charge in [-0.2, -0.15) is 0 Å². The fourth-order valence-electron chi connectivity index (χ4n) is 3.95. The predicted octanol–water partition coefficient (Wildman–Crippen LogP) is -2.17. The van der Waals surface area contributed by atoms with Crippen molar-refractivity contribution in [1.29, 1.82) is 0 Å².